The lowest BCUT2D eigenvalue weighted by Gasteiger charge is -2.22. The number of likely N-dealkylation sites (N-methyl/N-ethyl adjacent to an activating group) is 1. The van der Waals surface area contributed by atoms with Crippen molar-refractivity contribution in [1.82, 2.24) is 15.3 Å². The standard InChI is InChI=1S/C22H29N5O/c1-26(14-11-17-7-3-2-4-8-17)22-24-19(21(28)23-16-18-9-10-18)15-20(25-22)27-12-5-6-13-27/h2-4,7-8,15,18H,5-6,9-14,16H2,1H3,(H,23,28). The van der Waals surface area contributed by atoms with Gasteiger partial charge < -0.3 is 15.1 Å². The number of nitrogens with zero attached hydrogens (tertiary/aromatic N) is 4. The summed E-state index contributed by atoms with van der Waals surface area (Å²) in [5.74, 6) is 2.05. The van der Waals surface area contributed by atoms with Gasteiger partial charge in [0.15, 0.2) is 0 Å². The average molecular weight is 380 g/mol. The Morgan fingerprint density at radius 1 is 1.18 bits per heavy atom. The molecule has 1 saturated carbocycles. The number of aromatic nitrogens is 2. The molecule has 2 heterocycles. The zero-order valence-corrected chi connectivity index (χ0v) is 16.6. The topological polar surface area (TPSA) is 61.4 Å². The molecule has 0 radical (unpaired) electrons. The van der Waals surface area contributed by atoms with Crippen molar-refractivity contribution in [3.63, 3.8) is 0 Å². The normalized spacial score (nSPS) is 16.2. The van der Waals surface area contributed by atoms with E-state index in [1.165, 1.54) is 31.2 Å². The van der Waals surface area contributed by atoms with Gasteiger partial charge in [0.2, 0.25) is 5.95 Å². The first-order valence-electron chi connectivity index (χ1n) is 10.4. The van der Waals surface area contributed by atoms with Crippen LogP contribution in [0.2, 0.25) is 0 Å². The SMILES string of the molecule is CN(CCc1ccccc1)c1nc(C(=O)NCC2CC2)cc(N2CCCC2)n1. The average Bonchev–Trinajstić information content (AvgIpc) is 3.41. The minimum atomic E-state index is -0.0903. The van der Waals surface area contributed by atoms with E-state index in [1.807, 2.05) is 24.1 Å². The van der Waals surface area contributed by atoms with Crippen molar-refractivity contribution in [2.24, 2.45) is 5.92 Å². The van der Waals surface area contributed by atoms with Gasteiger partial charge in [0.25, 0.3) is 5.91 Å². The molecular weight excluding hydrogens is 350 g/mol. The lowest BCUT2D eigenvalue weighted by Crippen LogP contribution is -2.30. The maximum Gasteiger partial charge on any atom is 0.270 e. The molecule has 28 heavy (non-hydrogen) atoms. The van der Waals surface area contributed by atoms with Gasteiger partial charge >= 0.3 is 0 Å². The number of hydrogen-bond donors (Lipinski definition) is 1. The quantitative estimate of drug-likeness (QED) is 0.764. The van der Waals surface area contributed by atoms with Crippen LogP contribution in [-0.2, 0) is 6.42 Å². The summed E-state index contributed by atoms with van der Waals surface area (Å²) >= 11 is 0. The van der Waals surface area contributed by atoms with Crippen LogP contribution in [0.25, 0.3) is 0 Å². The molecule has 2 aliphatic rings. The van der Waals surface area contributed by atoms with E-state index in [0.29, 0.717) is 17.6 Å². The molecule has 0 spiro atoms. The Balaban J connectivity index is 1.50. The molecule has 0 unspecified atom stereocenters. The minimum Gasteiger partial charge on any atom is -0.356 e. The van der Waals surface area contributed by atoms with Gasteiger partial charge in [0, 0.05) is 39.3 Å². The molecule has 1 amide bonds. The van der Waals surface area contributed by atoms with E-state index in [4.69, 9.17) is 4.98 Å². The third kappa shape index (κ3) is 4.80. The second kappa shape index (κ2) is 8.59. The highest BCUT2D eigenvalue weighted by molar-refractivity contribution is 5.93. The molecule has 148 valence electrons. The first-order chi connectivity index (χ1) is 13.7. The van der Waals surface area contributed by atoms with Crippen molar-refractivity contribution in [2.45, 2.75) is 32.1 Å². The van der Waals surface area contributed by atoms with Crippen LogP contribution in [0.3, 0.4) is 0 Å². The summed E-state index contributed by atoms with van der Waals surface area (Å²) in [5, 5.41) is 3.04. The zero-order valence-electron chi connectivity index (χ0n) is 16.6. The Labute approximate surface area is 167 Å². The first-order valence-corrected chi connectivity index (χ1v) is 10.4. The number of amides is 1. The Morgan fingerprint density at radius 3 is 2.64 bits per heavy atom. The highest BCUT2D eigenvalue weighted by Gasteiger charge is 2.24. The van der Waals surface area contributed by atoms with Gasteiger partial charge in [-0.1, -0.05) is 30.3 Å². The highest BCUT2D eigenvalue weighted by Crippen LogP contribution is 2.28. The Bertz CT molecular complexity index is 800. The Kier molecular flexibility index (Phi) is 5.74. The zero-order chi connectivity index (χ0) is 19.3. The van der Waals surface area contributed by atoms with Crippen molar-refractivity contribution >= 4 is 17.7 Å². The molecule has 1 aliphatic carbocycles. The maximum absolute atomic E-state index is 12.7. The van der Waals surface area contributed by atoms with Crippen LogP contribution in [0.5, 0.6) is 0 Å². The second-order valence-corrected chi connectivity index (χ2v) is 7.92. The molecule has 6 heteroatoms. The number of hydrogen-bond acceptors (Lipinski definition) is 5. The van der Waals surface area contributed by atoms with Gasteiger partial charge in [-0.2, -0.15) is 4.98 Å². The summed E-state index contributed by atoms with van der Waals surface area (Å²) in [6.45, 7) is 3.54. The van der Waals surface area contributed by atoms with Crippen LogP contribution in [0.15, 0.2) is 36.4 Å². The first kappa shape index (κ1) is 18.7. The number of benzene rings is 1. The second-order valence-electron chi connectivity index (χ2n) is 7.92. The molecule has 1 N–H and O–H groups in total. The van der Waals surface area contributed by atoms with Crippen LogP contribution in [0.4, 0.5) is 11.8 Å². The molecule has 0 bridgehead atoms. The summed E-state index contributed by atoms with van der Waals surface area (Å²) < 4.78 is 0. The lowest BCUT2D eigenvalue weighted by molar-refractivity contribution is 0.0946. The van der Waals surface area contributed by atoms with Gasteiger partial charge in [0.1, 0.15) is 11.5 Å². The maximum atomic E-state index is 12.7. The lowest BCUT2D eigenvalue weighted by atomic mass is 10.1. The molecule has 1 aromatic heterocycles. The molecule has 1 saturated heterocycles. The monoisotopic (exact) mass is 379 g/mol. The predicted molar refractivity (Wildman–Crippen MR) is 112 cm³/mol. The third-order valence-corrected chi connectivity index (χ3v) is 5.53. The smallest absolute Gasteiger partial charge is 0.270 e. The number of carbonyl (C=O) groups excluding carboxylic acids is 1. The Hall–Kier alpha value is -2.63. The van der Waals surface area contributed by atoms with E-state index < -0.39 is 0 Å². The summed E-state index contributed by atoms with van der Waals surface area (Å²) in [6.07, 6.45) is 5.70. The number of nitrogens with one attached hydrogen (secondary N) is 1. The van der Waals surface area contributed by atoms with Crippen LogP contribution < -0.4 is 15.1 Å². The van der Waals surface area contributed by atoms with Crippen LogP contribution >= 0.6 is 0 Å². The van der Waals surface area contributed by atoms with E-state index in [1.54, 1.807) is 0 Å². The number of anilines is 2. The van der Waals surface area contributed by atoms with Crippen LogP contribution in [0.1, 0.15) is 41.7 Å². The van der Waals surface area contributed by atoms with E-state index in [2.05, 4.69) is 39.5 Å². The molecule has 2 aromatic rings. The van der Waals surface area contributed by atoms with Crippen LogP contribution in [-0.4, -0.2) is 49.1 Å². The fourth-order valence-electron chi connectivity index (χ4n) is 3.51. The highest BCUT2D eigenvalue weighted by atomic mass is 16.1. The van der Waals surface area contributed by atoms with Gasteiger partial charge in [-0.15, -0.1) is 0 Å². The van der Waals surface area contributed by atoms with Crippen molar-refractivity contribution in [3.05, 3.63) is 47.7 Å². The van der Waals surface area contributed by atoms with Gasteiger partial charge in [-0.25, -0.2) is 4.98 Å². The summed E-state index contributed by atoms with van der Waals surface area (Å²) in [4.78, 5) is 26.3. The van der Waals surface area contributed by atoms with E-state index in [0.717, 1.165) is 38.4 Å². The third-order valence-electron chi connectivity index (χ3n) is 5.53. The summed E-state index contributed by atoms with van der Waals surface area (Å²) in [5.41, 5.74) is 1.76. The fourth-order valence-corrected chi connectivity index (χ4v) is 3.51. The van der Waals surface area contributed by atoms with E-state index in [-0.39, 0.29) is 5.91 Å². The number of carbonyl (C=O) groups is 1. The molecular formula is C22H29N5O. The van der Waals surface area contributed by atoms with Crippen molar-refractivity contribution in [2.75, 3.05) is 43.0 Å². The van der Waals surface area contributed by atoms with Gasteiger partial charge in [0.05, 0.1) is 0 Å². The van der Waals surface area contributed by atoms with Crippen molar-refractivity contribution in [1.29, 1.82) is 0 Å². The minimum absolute atomic E-state index is 0.0903. The summed E-state index contributed by atoms with van der Waals surface area (Å²) in [6, 6.07) is 12.3. The van der Waals surface area contributed by atoms with Crippen molar-refractivity contribution in [3.8, 4) is 0 Å². The fraction of sp³-hybridized carbons (Fsp3) is 0.500. The summed E-state index contributed by atoms with van der Waals surface area (Å²) in [7, 11) is 2.00. The van der Waals surface area contributed by atoms with E-state index >= 15 is 0 Å². The largest absolute Gasteiger partial charge is 0.356 e. The number of rotatable bonds is 8. The molecule has 4 rings (SSSR count). The Morgan fingerprint density at radius 2 is 1.93 bits per heavy atom. The van der Waals surface area contributed by atoms with Crippen LogP contribution in [0, 0.1) is 5.92 Å². The molecule has 2 fully saturated rings. The molecule has 6 nitrogen and oxygen atoms in total. The predicted octanol–water partition coefficient (Wildman–Crippen LogP) is 2.90. The molecule has 1 aliphatic heterocycles. The van der Waals surface area contributed by atoms with Gasteiger partial charge in [-0.05, 0) is 43.6 Å². The molecule has 1 aromatic carbocycles. The van der Waals surface area contributed by atoms with Gasteiger partial charge in [-0.3, -0.25) is 4.79 Å². The molecule has 0 atom stereocenters. The van der Waals surface area contributed by atoms with E-state index in [9.17, 15) is 4.79 Å². The van der Waals surface area contributed by atoms with Crippen molar-refractivity contribution < 1.29 is 4.79 Å².